The zero-order valence-electron chi connectivity index (χ0n) is 11.9. The van der Waals surface area contributed by atoms with E-state index < -0.39 is 18.2 Å². The lowest BCUT2D eigenvalue weighted by atomic mass is 10.0. The van der Waals surface area contributed by atoms with Crippen molar-refractivity contribution < 1.29 is 28.5 Å². The van der Waals surface area contributed by atoms with Gasteiger partial charge in [-0.2, -0.15) is 0 Å². The summed E-state index contributed by atoms with van der Waals surface area (Å²) in [6.07, 6.45) is -1.57. The van der Waals surface area contributed by atoms with Crippen LogP contribution in [0.3, 0.4) is 0 Å². The van der Waals surface area contributed by atoms with E-state index in [0.29, 0.717) is 0 Å². The van der Waals surface area contributed by atoms with Gasteiger partial charge in [-0.05, 0) is 5.56 Å². The molecule has 1 aromatic rings. The summed E-state index contributed by atoms with van der Waals surface area (Å²) in [6.45, 7) is -0.0111. The van der Waals surface area contributed by atoms with Crippen LogP contribution in [0.25, 0.3) is 0 Å². The minimum atomic E-state index is -0.933. The molecule has 0 saturated heterocycles. The van der Waals surface area contributed by atoms with Crippen LogP contribution in [0.4, 0.5) is 0 Å². The topological polar surface area (TPSA) is 63.2 Å². The summed E-state index contributed by atoms with van der Waals surface area (Å²) in [5.74, 6) is -0.535. The first-order valence-corrected chi connectivity index (χ1v) is 6.08. The highest BCUT2D eigenvalue weighted by Gasteiger charge is 2.32. The normalized spacial score (nSPS) is 13.8. The summed E-state index contributed by atoms with van der Waals surface area (Å²) in [5, 5.41) is 0. The van der Waals surface area contributed by atoms with E-state index in [-0.39, 0.29) is 13.6 Å². The van der Waals surface area contributed by atoms with E-state index in [0.717, 1.165) is 5.56 Å². The molecule has 0 heterocycles. The minimum Gasteiger partial charge on any atom is -0.467 e. The molecule has 6 heteroatoms. The number of methoxy groups -OCH3 is 3. The van der Waals surface area contributed by atoms with Gasteiger partial charge in [-0.25, -0.2) is 4.79 Å². The molecule has 0 aromatic heterocycles. The number of ether oxygens (including phenoxy) is 5. The van der Waals surface area contributed by atoms with E-state index in [1.807, 2.05) is 30.3 Å². The summed E-state index contributed by atoms with van der Waals surface area (Å²) in [7, 11) is 4.27. The van der Waals surface area contributed by atoms with Crippen molar-refractivity contribution in [3.8, 4) is 0 Å². The Kier molecular flexibility index (Phi) is 7.82. The average Bonchev–Trinajstić information content (AvgIpc) is 2.50. The number of carbonyl (C=O) groups is 1. The van der Waals surface area contributed by atoms with Gasteiger partial charge >= 0.3 is 5.97 Å². The Morgan fingerprint density at radius 3 is 2.15 bits per heavy atom. The molecule has 6 nitrogen and oxygen atoms in total. The van der Waals surface area contributed by atoms with Gasteiger partial charge in [0, 0.05) is 14.2 Å². The second-order valence-corrected chi connectivity index (χ2v) is 3.92. The fourth-order valence-corrected chi connectivity index (χ4v) is 1.68. The van der Waals surface area contributed by atoms with Crippen molar-refractivity contribution in [1.29, 1.82) is 0 Å². The highest BCUT2D eigenvalue weighted by molar-refractivity contribution is 5.75. The van der Waals surface area contributed by atoms with Gasteiger partial charge in [0.15, 0.2) is 6.10 Å². The van der Waals surface area contributed by atoms with Crippen LogP contribution in [-0.4, -0.2) is 47.0 Å². The van der Waals surface area contributed by atoms with Crippen molar-refractivity contribution in [2.45, 2.75) is 12.2 Å². The minimum absolute atomic E-state index is 0.0311. The van der Waals surface area contributed by atoms with E-state index in [4.69, 9.17) is 23.7 Å². The highest BCUT2D eigenvalue weighted by Crippen LogP contribution is 2.24. The van der Waals surface area contributed by atoms with Crippen LogP contribution >= 0.6 is 0 Å². The van der Waals surface area contributed by atoms with Crippen LogP contribution in [-0.2, 0) is 28.5 Å². The summed E-state index contributed by atoms with van der Waals surface area (Å²) in [4.78, 5) is 11.9. The summed E-state index contributed by atoms with van der Waals surface area (Å²) in [5.41, 5.74) is 0.788. The summed E-state index contributed by atoms with van der Waals surface area (Å²) in [6, 6.07) is 9.26. The first-order valence-electron chi connectivity index (χ1n) is 6.08. The molecule has 1 rings (SSSR count). The summed E-state index contributed by atoms with van der Waals surface area (Å²) < 4.78 is 25.4. The van der Waals surface area contributed by atoms with E-state index in [2.05, 4.69) is 0 Å². The molecule has 0 saturated carbocycles. The van der Waals surface area contributed by atoms with E-state index >= 15 is 0 Å². The molecule has 0 radical (unpaired) electrons. The second-order valence-electron chi connectivity index (χ2n) is 3.92. The van der Waals surface area contributed by atoms with Gasteiger partial charge in [0.1, 0.15) is 19.7 Å². The molecule has 0 unspecified atom stereocenters. The molecule has 2 atom stereocenters. The molecule has 0 fully saturated rings. The maximum Gasteiger partial charge on any atom is 0.338 e. The monoisotopic (exact) mass is 284 g/mol. The van der Waals surface area contributed by atoms with Crippen LogP contribution in [0.5, 0.6) is 0 Å². The van der Waals surface area contributed by atoms with Crippen LogP contribution in [0.15, 0.2) is 30.3 Å². The van der Waals surface area contributed by atoms with Crippen LogP contribution < -0.4 is 0 Å². The van der Waals surface area contributed by atoms with Gasteiger partial charge in [-0.15, -0.1) is 0 Å². The van der Waals surface area contributed by atoms with Gasteiger partial charge in [0.05, 0.1) is 7.11 Å². The number of esters is 1. The SMILES string of the molecule is COCO[C@H](c1ccccc1)[C@@H](OCOC)C(=O)OC. The molecule has 0 aliphatic carbocycles. The third-order valence-electron chi connectivity index (χ3n) is 2.57. The number of carbonyl (C=O) groups excluding carboxylic acids is 1. The molecule has 0 bridgehead atoms. The Hall–Kier alpha value is -1.47. The van der Waals surface area contributed by atoms with E-state index in [1.54, 1.807) is 0 Å². The molecule has 1 aromatic carbocycles. The fourth-order valence-electron chi connectivity index (χ4n) is 1.68. The van der Waals surface area contributed by atoms with E-state index in [1.165, 1.54) is 21.3 Å². The standard InChI is InChI=1S/C14H20O6/c1-16-9-19-12(11-7-5-4-6-8-11)13(14(15)18-3)20-10-17-2/h4-8,12-13H,9-10H2,1-3H3/t12-,13-/m1/s1. The van der Waals surface area contributed by atoms with Crippen molar-refractivity contribution in [2.24, 2.45) is 0 Å². The molecule has 0 spiro atoms. The Balaban J connectivity index is 2.94. The predicted molar refractivity (Wildman–Crippen MR) is 70.9 cm³/mol. The lowest BCUT2D eigenvalue weighted by Crippen LogP contribution is -2.34. The maximum atomic E-state index is 11.9. The lowest BCUT2D eigenvalue weighted by molar-refractivity contribution is -0.189. The largest absolute Gasteiger partial charge is 0.467 e. The molecule has 20 heavy (non-hydrogen) atoms. The van der Waals surface area contributed by atoms with Gasteiger partial charge in [-0.3, -0.25) is 0 Å². The molecule has 0 N–H and O–H groups in total. The maximum absolute atomic E-state index is 11.9. The van der Waals surface area contributed by atoms with Gasteiger partial charge in [-0.1, -0.05) is 30.3 Å². The number of benzene rings is 1. The molecule has 0 aliphatic rings. The Morgan fingerprint density at radius 2 is 1.60 bits per heavy atom. The second kappa shape index (κ2) is 9.44. The molecular weight excluding hydrogens is 264 g/mol. The first-order chi connectivity index (χ1) is 9.74. The van der Waals surface area contributed by atoms with Crippen molar-refractivity contribution in [3.05, 3.63) is 35.9 Å². The molecule has 112 valence electrons. The number of rotatable bonds is 9. The highest BCUT2D eigenvalue weighted by atomic mass is 16.7. The third kappa shape index (κ3) is 4.90. The third-order valence-corrected chi connectivity index (χ3v) is 2.57. The predicted octanol–water partition coefficient (Wildman–Crippen LogP) is 1.51. The van der Waals surface area contributed by atoms with Crippen LogP contribution in [0.1, 0.15) is 11.7 Å². The number of hydrogen-bond donors (Lipinski definition) is 0. The molecule has 0 aliphatic heterocycles. The number of hydrogen-bond acceptors (Lipinski definition) is 6. The fraction of sp³-hybridized carbons (Fsp3) is 0.500. The first kappa shape index (κ1) is 16.6. The quantitative estimate of drug-likeness (QED) is 0.506. The zero-order chi connectivity index (χ0) is 14.8. The summed E-state index contributed by atoms with van der Waals surface area (Å²) >= 11 is 0. The van der Waals surface area contributed by atoms with Crippen molar-refractivity contribution in [2.75, 3.05) is 34.9 Å². The van der Waals surface area contributed by atoms with Gasteiger partial charge in [0.2, 0.25) is 0 Å². The van der Waals surface area contributed by atoms with Gasteiger partial charge < -0.3 is 23.7 Å². The smallest absolute Gasteiger partial charge is 0.338 e. The van der Waals surface area contributed by atoms with Crippen molar-refractivity contribution in [3.63, 3.8) is 0 Å². The average molecular weight is 284 g/mol. The van der Waals surface area contributed by atoms with E-state index in [9.17, 15) is 4.79 Å². The lowest BCUT2D eigenvalue weighted by Gasteiger charge is -2.25. The van der Waals surface area contributed by atoms with Crippen molar-refractivity contribution in [1.82, 2.24) is 0 Å². The zero-order valence-corrected chi connectivity index (χ0v) is 11.9. The van der Waals surface area contributed by atoms with Crippen LogP contribution in [0, 0.1) is 0 Å². The van der Waals surface area contributed by atoms with Crippen molar-refractivity contribution >= 4 is 5.97 Å². The Bertz CT molecular complexity index is 381. The molecular formula is C14H20O6. The Morgan fingerprint density at radius 1 is 1.00 bits per heavy atom. The molecule has 0 amide bonds. The Labute approximate surface area is 118 Å². The van der Waals surface area contributed by atoms with Gasteiger partial charge in [0.25, 0.3) is 0 Å². The van der Waals surface area contributed by atoms with Crippen LogP contribution in [0.2, 0.25) is 0 Å².